The van der Waals surface area contributed by atoms with Crippen molar-refractivity contribution < 1.29 is 32.9 Å². The van der Waals surface area contributed by atoms with Gasteiger partial charge in [-0.3, -0.25) is 9.36 Å². The summed E-state index contributed by atoms with van der Waals surface area (Å²) >= 11 is 0. The van der Waals surface area contributed by atoms with Crippen molar-refractivity contribution in [1.82, 2.24) is 5.32 Å². The number of aliphatic hydroxyl groups excluding tert-OH is 1. The number of nitrogens with zero attached hydrogens (tertiary/aromatic N) is 1. The first-order chi connectivity index (χ1) is 25.5. The Bertz CT molecular complexity index is 964. The number of amides is 1. The molecule has 0 aliphatic rings. The summed E-state index contributed by atoms with van der Waals surface area (Å²) in [6.07, 6.45) is 43.3. The van der Waals surface area contributed by atoms with Gasteiger partial charge in [0, 0.05) is 6.42 Å². The zero-order chi connectivity index (χ0) is 39.3. The molecule has 0 saturated carbocycles. The average molecular weight is 769 g/mol. The van der Waals surface area contributed by atoms with Gasteiger partial charge in [-0.15, -0.1) is 0 Å². The number of rotatable bonds is 39. The molecule has 0 aliphatic carbocycles. The minimum absolute atomic E-state index is 0.00799. The predicted octanol–water partition coefficient (Wildman–Crippen LogP) is 11.3. The zero-order valence-electron chi connectivity index (χ0n) is 35.2. The van der Waals surface area contributed by atoms with Crippen LogP contribution < -0.4 is 10.2 Å². The fourth-order valence-electron chi connectivity index (χ4n) is 6.04. The number of phosphoric acid groups is 1. The van der Waals surface area contributed by atoms with E-state index >= 15 is 0 Å². The number of carbonyl (C=O) groups is 1. The molecule has 1 amide bonds. The highest BCUT2D eigenvalue weighted by Gasteiger charge is 2.23. The number of unbranched alkanes of at least 4 members (excludes halogenated alkanes) is 22. The number of nitrogens with one attached hydrogen (secondary N) is 1. The largest absolute Gasteiger partial charge is 0.756 e. The second-order valence-corrected chi connectivity index (χ2v) is 17.4. The fraction of sp³-hybridized carbons (Fsp3) is 0.841. The number of likely N-dealkylation sites (N-methyl/N-ethyl adjacent to an activating group) is 1. The summed E-state index contributed by atoms with van der Waals surface area (Å²) in [5.74, 6) is -0.218. The van der Waals surface area contributed by atoms with Crippen LogP contribution in [0.5, 0.6) is 0 Å². The molecule has 53 heavy (non-hydrogen) atoms. The minimum Gasteiger partial charge on any atom is -0.756 e. The van der Waals surface area contributed by atoms with Crippen LogP contribution in [0.2, 0.25) is 0 Å². The van der Waals surface area contributed by atoms with Gasteiger partial charge in [-0.1, -0.05) is 159 Å². The van der Waals surface area contributed by atoms with Crippen LogP contribution in [0.15, 0.2) is 36.5 Å². The molecule has 0 fully saturated rings. The molecule has 8 nitrogen and oxygen atoms in total. The number of hydrogen-bond acceptors (Lipinski definition) is 6. The number of aliphatic hydroxyl groups is 1. The SMILES string of the molecule is CCCCCCC/C=C\CCCCCCCC(=O)NC(COP(=O)([O-])OCC[N+](C)(C)C)C(O)/C=C/CC/C=C/CCCCCCCCCCCCC. The van der Waals surface area contributed by atoms with Crippen LogP contribution in [-0.4, -0.2) is 68.5 Å². The molecule has 0 aromatic heterocycles. The summed E-state index contributed by atoms with van der Waals surface area (Å²) in [6, 6.07) is -0.905. The van der Waals surface area contributed by atoms with E-state index in [1.54, 1.807) is 6.08 Å². The lowest BCUT2D eigenvalue weighted by Crippen LogP contribution is -2.45. The third-order valence-corrected chi connectivity index (χ3v) is 10.5. The van der Waals surface area contributed by atoms with Crippen LogP contribution in [0, 0.1) is 0 Å². The Kier molecular flexibility index (Phi) is 35.5. The van der Waals surface area contributed by atoms with Gasteiger partial charge in [0.1, 0.15) is 13.2 Å². The molecule has 0 heterocycles. The Hall–Kier alpha value is -1.28. The maximum atomic E-state index is 12.8. The predicted molar refractivity (Wildman–Crippen MR) is 224 cm³/mol. The summed E-state index contributed by atoms with van der Waals surface area (Å²) in [5, 5.41) is 13.7. The van der Waals surface area contributed by atoms with Gasteiger partial charge in [0.05, 0.1) is 39.9 Å². The Morgan fingerprint density at radius 1 is 0.642 bits per heavy atom. The lowest BCUT2D eigenvalue weighted by molar-refractivity contribution is -0.870. The highest BCUT2D eigenvalue weighted by molar-refractivity contribution is 7.45. The van der Waals surface area contributed by atoms with Gasteiger partial charge in [0.25, 0.3) is 7.82 Å². The molecular weight excluding hydrogens is 683 g/mol. The molecule has 0 spiro atoms. The number of phosphoric ester groups is 1. The van der Waals surface area contributed by atoms with Crippen molar-refractivity contribution in [2.24, 2.45) is 0 Å². The maximum absolute atomic E-state index is 12.8. The van der Waals surface area contributed by atoms with E-state index < -0.39 is 26.6 Å². The summed E-state index contributed by atoms with van der Waals surface area (Å²) in [5.41, 5.74) is 0. The van der Waals surface area contributed by atoms with E-state index in [-0.39, 0.29) is 12.5 Å². The number of carbonyl (C=O) groups excluding carboxylic acids is 1. The van der Waals surface area contributed by atoms with Gasteiger partial charge in [-0.05, 0) is 57.8 Å². The summed E-state index contributed by atoms with van der Waals surface area (Å²) in [7, 11) is 1.24. The molecule has 0 aromatic rings. The molecular formula is C44H85N2O6P. The molecule has 0 saturated heterocycles. The van der Waals surface area contributed by atoms with Gasteiger partial charge in [0.2, 0.25) is 5.91 Å². The lowest BCUT2D eigenvalue weighted by atomic mass is 10.1. The third-order valence-electron chi connectivity index (χ3n) is 9.57. The van der Waals surface area contributed by atoms with Crippen LogP contribution in [-0.2, 0) is 18.4 Å². The van der Waals surface area contributed by atoms with Crippen molar-refractivity contribution >= 4 is 13.7 Å². The highest BCUT2D eigenvalue weighted by Crippen LogP contribution is 2.38. The molecule has 0 aromatic carbocycles. The van der Waals surface area contributed by atoms with Crippen molar-refractivity contribution in [3.05, 3.63) is 36.5 Å². The molecule has 0 bridgehead atoms. The van der Waals surface area contributed by atoms with Gasteiger partial charge in [-0.25, -0.2) is 0 Å². The smallest absolute Gasteiger partial charge is 0.268 e. The number of quaternary nitrogens is 1. The normalized spacial score (nSPS) is 14.8. The van der Waals surface area contributed by atoms with Gasteiger partial charge in [-0.2, -0.15) is 0 Å². The van der Waals surface area contributed by atoms with Crippen LogP contribution >= 0.6 is 7.82 Å². The second-order valence-electron chi connectivity index (χ2n) is 16.0. The van der Waals surface area contributed by atoms with Crippen molar-refractivity contribution in [3.63, 3.8) is 0 Å². The van der Waals surface area contributed by atoms with Crippen LogP contribution in [0.25, 0.3) is 0 Å². The fourth-order valence-corrected chi connectivity index (χ4v) is 6.77. The highest BCUT2D eigenvalue weighted by atomic mass is 31.2. The Balaban J connectivity index is 4.51. The standard InChI is InChI=1S/C44H85N2O6P/c1-6-8-10-12-14-16-18-20-22-23-24-25-27-29-31-33-35-37-43(47)42(41-52-53(49,50)51-40-39-46(3,4)5)45-44(48)38-36-34-32-30-28-26-21-19-17-15-13-11-9-7-2/h19,21,27,29,35,37,42-43,47H,6-18,20,22-26,28,30-34,36,38-41H2,1-5H3,(H-,45,48,49,50)/b21-19-,29-27+,37-35+. The van der Waals surface area contributed by atoms with Crippen LogP contribution in [0.3, 0.4) is 0 Å². The van der Waals surface area contributed by atoms with E-state index in [2.05, 4.69) is 43.5 Å². The molecule has 3 atom stereocenters. The number of allylic oxidation sites excluding steroid dienone is 5. The van der Waals surface area contributed by atoms with Gasteiger partial charge in [0.15, 0.2) is 0 Å². The summed E-state index contributed by atoms with van der Waals surface area (Å²) < 4.78 is 23.1. The molecule has 0 radical (unpaired) electrons. The van der Waals surface area contributed by atoms with Gasteiger partial charge >= 0.3 is 0 Å². The van der Waals surface area contributed by atoms with E-state index in [1.807, 2.05) is 27.2 Å². The maximum Gasteiger partial charge on any atom is 0.268 e. The first-order valence-corrected chi connectivity index (χ1v) is 23.3. The molecule has 312 valence electrons. The zero-order valence-corrected chi connectivity index (χ0v) is 36.1. The quantitative estimate of drug-likeness (QED) is 0.0279. The second kappa shape index (κ2) is 36.4. The summed E-state index contributed by atoms with van der Waals surface area (Å²) in [4.78, 5) is 25.2. The topological polar surface area (TPSA) is 108 Å². The Labute approximate surface area is 327 Å². The average Bonchev–Trinajstić information content (AvgIpc) is 3.10. The van der Waals surface area contributed by atoms with E-state index in [0.717, 1.165) is 57.8 Å². The molecule has 2 N–H and O–H groups in total. The first-order valence-electron chi connectivity index (χ1n) is 21.9. The lowest BCUT2D eigenvalue weighted by Gasteiger charge is -2.29. The van der Waals surface area contributed by atoms with Crippen LogP contribution in [0.4, 0.5) is 0 Å². The van der Waals surface area contributed by atoms with E-state index in [1.165, 1.54) is 109 Å². The van der Waals surface area contributed by atoms with Crippen LogP contribution in [0.1, 0.15) is 187 Å². The first kappa shape index (κ1) is 51.7. The molecule has 3 unspecified atom stereocenters. The van der Waals surface area contributed by atoms with Gasteiger partial charge < -0.3 is 28.8 Å². The molecule has 0 aliphatic heterocycles. The minimum atomic E-state index is -4.59. The van der Waals surface area contributed by atoms with Crippen molar-refractivity contribution in [2.45, 2.75) is 199 Å². The molecule has 0 rings (SSSR count). The summed E-state index contributed by atoms with van der Waals surface area (Å²) in [6.45, 7) is 4.60. The molecule has 9 heteroatoms. The van der Waals surface area contributed by atoms with E-state index in [4.69, 9.17) is 9.05 Å². The van der Waals surface area contributed by atoms with E-state index in [0.29, 0.717) is 17.4 Å². The third kappa shape index (κ3) is 38.8. The Morgan fingerprint density at radius 2 is 1.06 bits per heavy atom. The van der Waals surface area contributed by atoms with Crippen molar-refractivity contribution in [3.8, 4) is 0 Å². The van der Waals surface area contributed by atoms with Crippen molar-refractivity contribution in [2.75, 3.05) is 40.9 Å². The van der Waals surface area contributed by atoms with E-state index in [9.17, 15) is 19.4 Å². The van der Waals surface area contributed by atoms with Crippen molar-refractivity contribution in [1.29, 1.82) is 0 Å². The number of hydrogen-bond donors (Lipinski definition) is 2. The Morgan fingerprint density at radius 3 is 1.53 bits per heavy atom. The monoisotopic (exact) mass is 769 g/mol.